The Balaban J connectivity index is 2.04. The number of imidazole rings is 1. The predicted octanol–water partition coefficient (Wildman–Crippen LogP) is 4.81. The van der Waals surface area contributed by atoms with E-state index in [1.165, 1.54) is 11.3 Å². The van der Waals surface area contributed by atoms with Crippen molar-refractivity contribution in [2.75, 3.05) is 0 Å². The largest absolute Gasteiger partial charge is 0.341 e. The lowest BCUT2D eigenvalue weighted by Gasteiger charge is -2.24. The monoisotopic (exact) mass is 341 g/mol. The van der Waals surface area contributed by atoms with Gasteiger partial charge in [-0.15, -0.1) is 11.3 Å². The van der Waals surface area contributed by atoms with Crippen molar-refractivity contribution in [3.63, 3.8) is 0 Å². The first-order chi connectivity index (χ1) is 11.5. The van der Waals surface area contributed by atoms with Crippen LogP contribution in [0.1, 0.15) is 55.3 Å². The highest BCUT2D eigenvalue weighted by Gasteiger charge is 2.26. The van der Waals surface area contributed by atoms with E-state index in [2.05, 4.69) is 43.6 Å². The van der Waals surface area contributed by atoms with Gasteiger partial charge in [0.05, 0.1) is 22.0 Å². The Morgan fingerprint density at radius 1 is 1.12 bits per heavy atom. The summed E-state index contributed by atoms with van der Waals surface area (Å²) < 4.78 is 2.23. The van der Waals surface area contributed by atoms with Crippen molar-refractivity contribution < 1.29 is 4.79 Å². The zero-order valence-corrected chi connectivity index (χ0v) is 15.3. The third kappa shape index (κ3) is 3.08. The number of hydrogen-bond acceptors (Lipinski definition) is 3. The maximum absolute atomic E-state index is 12.6. The van der Waals surface area contributed by atoms with Crippen molar-refractivity contribution >= 4 is 28.3 Å². The molecule has 1 atom stereocenters. The number of nitrogens with one attached hydrogen (secondary N) is 1. The van der Waals surface area contributed by atoms with Crippen molar-refractivity contribution in [2.45, 2.75) is 39.8 Å². The van der Waals surface area contributed by atoms with E-state index in [9.17, 15) is 4.79 Å². The number of amides is 1. The number of para-hydroxylation sites is 2. The summed E-state index contributed by atoms with van der Waals surface area (Å²) >= 11 is 1.46. The Morgan fingerprint density at radius 2 is 1.88 bits per heavy atom. The van der Waals surface area contributed by atoms with E-state index in [0.29, 0.717) is 0 Å². The Bertz CT molecular complexity index is 834. The number of thiophene rings is 1. The number of fused-ring (bicyclic) bond motifs is 1. The lowest BCUT2D eigenvalue weighted by molar-refractivity contribution is 0.0926. The van der Waals surface area contributed by atoms with Crippen molar-refractivity contribution in [1.29, 1.82) is 0 Å². The fourth-order valence-electron chi connectivity index (χ4n) is 2.97. The molecule has 0 unspecified atom stereocenters. The molecule has 126 valence electrons. The summed E-state index contributed by atoms with van der Waals surface area (Å²) in [7, 11) is 0. The first-order valence-electron chi connectivity index (χ1n) is 8.30. The van der Waals surface area contributed by atoms with Crippen molar-refractivity contribution in [1.82, 2.24) is 14.9 Å². The van der Waals surface area contributed by atoms with Crippen molar-refractivity contribution in [3.05, 3.63) is 52.5 Å². The lowest BCUT2D eigenvalue weighted by atomic mass is 10.0. The molecule has 2 heterocycles. The van der Waals surface area contributed by atoms with E-state index in [-0.39, 0.29) is 23.9 Å². The van der Waals surface area contributed by atoms with E-state index in [0.717, 1.165) is 21.7 Å². The molecule has 1 aromatic carbocycles. The molecule has 3 aromatic rings. The first-order valence-corrected chi connectivity index (χ1v) is 9.18. The van der Waals surface area contributed by atoms with Crippen LogP contribution in [-0.4, -0.2) is 15.5 Å². The van der Waals surface area contributed by atoms with Crippen molar-refractivity contribution in [2.24, 2.45) is 5.92 Å². The number of hydrogen-bond donors (Lipinski definition) is 1. The summed E-state index contributed by atoms with van der Waals surface area (Å²) in [4.78, 5) is 18.1. The average molecular weight is 341 g/mol. The van der Waals surface area contributed by atoms with E-state index >= 15 is 0 Å². The Hall–Kier alpha value is -2.14. The van der Waals surface area contributed by atoms with E-state index in [1.54, 1.807) is 0 Å². The number of nitrogens with zero attached hydrogens (tertiary/aromatic N) is 2. The molecule has 0 radical (unpaired) electrons. The molecule has 1 N–H and O–H groups in total. The van der Waals surface area contributed by atoms with Gasteiger partial charge in [0.2, 0.25) is 0 Å². The molecular weight excluding hydrogens is 318 g/mol. The quantitative estimate of drug-likeness (QED) is 0.724. The van der Waals surface area contributed by atoms with Gasteiger partial charge in [-0.2, -0.15) is 0 Å². The molecule has 0 aliphatic carbocycles. The minimum absolute atomic E-state index is 0.0361. The molecule has 2 aromatic heterocycles. The predicted molar refractivity (Wildman–Crippen MR) is 99.5 cm³/mol. The van der Waals surface area contributed by atoms with Crippen LogP contribution in [0, 0.1) is 5.92 Å². The second kappa shape index (κ2) is 6.77. The SMILES string of the molecule is CC(C)[C@H](NC(=O)c1cccs1)c1nc2ccccc2n1C(C)C. The number of benzene rings is 1. The second-order valence-electron chi connectivity index (χ2n) is 6.59. The Labute approximate surface area is 146 Å². The number of aromatic nitrogens is 2. The highest BCUT2D eigenvalue weighted by atomic mass is 32.1. The van der Waals surface area contributed by atoms with Gasteiger partial charge in [-0.05, 0) is 43.3 Å². The zero-order valence-electron chi connectivity index (χ0n) is 14.5. The van der Waals surface area contributed by atoms with Gasteiger partial charge in [0.15, 0.2) is 0 Å². The summed E-state index contributed by atoms with van der Waals surface area (Å²) in [5, 5.41) is 5.10. The van der Waals surface area contributed by atoms with Gasteiger partial charge in [0, 0.05) is 6.04 Å². The molecule has 0 saturated carbocycles. The van der Waals surface area contributed by atoms with Crippen LogP contribution in [0.25, 0.3) is 11.0 Å². The molecule has 0 saturated heterocycles. The van der Waals surface area contributed by atoms with E-state index < -0.39 is 0 Å². The van der Waals surface area contributed by atoms with Gasteiger partial charge in [-0.25, -0.2) is 4.98 Å². The molecule has 1 amide bonds. The van der Waals surface area contributed by atoms with Crippen LogP contribution in [0.3, 0.4) is 0 Å². The summed E-state index contributed by atoms with van der Waals surface area (Å²) in [5.74, 6) is 1.13. The molecule has 0 fully saturated rings. The van der Waals surface area contributed by atoms with E-state index in [4.69, 9.17) is 4.98 Å². The molecule has 3 rings (SSSR count). The zero-order chi connectivity index (χ0) is 17.3. The van der Waals surface area contributed by atoms with Gasteiger partial charge in [0.25, 0.3) is 5.91 Å². The second-order valence-corrected chi connectivity index (χ2v) is 7.54. The van der Waals surface area contributed by atoms with Crippen LogP contribution < -0.4 is 5.32 Å². The van der Waals surface area contributed by atoms with Gasteiger partial charge in [0.1, 0.15) is 5.82 Å². The minimum atomic E-state index is -0.130. The highest BCUT2D eigenvalue weighted by molar-refractivity contribution is 7.12. The first kappa shape index (κ1) is 16.7. The number of carbonyl (C=O) groups excluding carboxylic acids is 1. The third-order valence-corrected chi connectivity index (χ3v) is 4.98. The summed E-state index contributed by atoms with van der Waals surface area (Å²) in [6.07, 6.45) is 0. The van der Waals surface area contributed by atoms with Crippen LogP contribution >= 0.6 is 11.3 Å². The molecule has 5 heteroatoms. The van der Waals surface area contributed by atoms with Crippen LogP contribution in [-0.2, 0) is 0 Å². The summed E-state index contributed by atoms with van der Waals surface area (Å²) in [6.45, 7) is 8.53. The maximum atomic E-state index is 12.6. The van der Waals surface area contributed by atoms with E-state index in [1.807, 2.05) is 35.7 Å². The molecule has 0 bridgehead atoms. The Morgan fingerprint density at radius 3 is 2.50 bits per heavy atom. The molecule has 4 nitrogen and oxygen atoms in total. The standard InChI is InChI=1S/C19H23N3OS/c1-12(2)17(21-19(23)16-10-7-11-24-16)18-20-14-8-5-6-9-15(14)22(18)13(3)4/h5-13,17H,1-4H3,(H,21,23)/t17-/m0/s1. The number of carbonyl (C=O) groups is 1. The fourth-order valence-corrected chi connectivity index (χ4v) is 3.60. The van der Waals surface area contributed by atoms with Gasteiger partial charge >= 0.3 is 0 Å². The van der Waals surface area contributed by atoms with Gasteiger partial charge < -0.3 is 9.88 Å². The van der Waals surface area contributed by atoms with Gasteiger partial charge in [-0.3, -0.25) is 4.79 Å². The molecular formula is C19H23N3OS. The topological polar surface area (TPSA) is 46.9 Å². The molecule has 24 heavy (non-hydrogen) atoms. The Kier molecular flexibility index (Phi) is 4.71. The van der Waals surface area contributed by atoms with Crippen LogP contribution in [0.5, 0.6) is 0 Å². The molecule has 0 spiro atoms. The van der Waals surface area contributed by atoms with Gasteiger partial charge in [-0.1, -0.05) is 32.0 Å². The van der Waals surface area contributed by atoms with Crippen LogP contribution in [0.15, 0.2) is 41.8 Å². The minimum Gasteiger partial charge on any atom is -0.341 e. The highest BCUT2D eigenvalue weighted by Crippen LogP contribution is 2.29. The average Bonchev–Trinajstić information content (AvgIpc) is 3.18. The lowest BCUT2D eigenvalue weighted by Crippen LogP contribution is -2.33. The molecule has 0 aliphatic rings. The van der Waals surface area contributed by atoms with Crippen LogP contribution in [0.2, 0.25) is 0 Å². The molecule has 0 aliphatic heterocycles. The normalized spacial score (nSPS) is 12.9. The smallest absolute Gasteiger partial charge is 0.261 e. The van der Waals surface area contributed by atoms with Crippen LogP contribution in [0.4, 0.5) is 0 Å². The number of rotatable bonds is 5. The summed E-state index contributed by atoms with van der Waals surface area (Å²) in [5.41, 5.74) is 2.08. The maximum Gasteiger partial charge on any atom is 0.261 e. The van der Waals surface area contributed by atoms with Crippen molar-refractivity contribution in [3.8, 4) is 0 Å². The fraction of sp³-hybridized carbons (Fsp3) is 0.368. The third-order valence-electron chi connectivity index (χ3n) is 4.12. The summed E-state index contributed by atoms with van der Waals surface area (Å²) in [6, 6.07) is 12.0.